The van der Waals surface area contributed by atoms with E-state index in [9.17, 15) is 17.6 Å². The maximum absolute atomic E-state index is 14.0. The summed E-state index contributed by atoms with van der Waals surface area (Å²) < 4.78 is 58.2. The predicted octanol–water partition coefficient (Wildman–Crippen LogP) is 2.15. The number of hydrogen-bond donors (Lipinski definition) is 3. The molecular weight excluding hydrogens is 418 g/mol. The van der Waals surface area contributed by atoms with Crippen LogP contribution >= 0.6 is 0 Å². The fraction of sp³-hybridized carbons (Fsp3) is 0.579. The van der Waals surface area contributed by atoms with E-state index in [4.69, 9.17) is 10.5 Å². The first-order chi connectivity index (χ1) is 14.7. The number of likely N-dealkylation sites (tertiary alicyclic amines) is 1. The van der Waals surface area contributed by atoms with Gasteiger partial charge in [0.05, 0.1) is 7.11 Å². The predicted molar refractivity (Wildman–Crippen MR) is 110 cm³/mol. The highest BCUT2D eigenvalue weighted by atomic mass is 19.4. The summed E-state index contributed by atoms with van der Waals surface area (Å²) in [6, 6.07) is 4.23. The van der Waals surface area contributed by atoms with E-state index in [0.717, 1.165) is 36.9 Å². The average molecular weight is 445 g/mol. The molecule has 1 fully saturated rings. The van der Waals surface area contributed by atoms with Crippen molar-refractivity contribution in [1.29, 1.82) is 0 Å². The molecule has 2 atom stereocenters. The maximum Gasteiger partial charge on any atom is 0.406 e. The zero-order valence-corrected chi connectivity index (χ0v) is 17.4. The van der Waals surface area contributed by atoms with Gasteiger partial charge in [-0.3, -0.25) is 15.5 Å². The van der Waals surface area contributed by atoms with Crippen LogP contribution in [0.3, 0.4) is 0 Å². The molecular formula is C19H27F4N7O. The Morgan fingerprint density at radius 2 is 2.10 bits per heavy atom. The van der Waals surface area contributed by atoms with Gasteiger partial charge in [0, 0.05) is 24.3 Å². The summed E-state index contributed by atoms with van der Waals surface area (Å²) in [5.74, 6) is -0.694. The lowest BCUT2D eigenvalue weighted by molar-refractivity contribution is -0.141. The Morgan fingerprint density at radius 1 is 1.32 bits per heavy atom. The molecule has 0 spiro atoms. The van der Waals surface area contributed by atoms with E-state index in [1.54, 1.807) is 0 Å². The van der Waals surface area contributed by atoms with E-state index in [0.29, 0.717) is 12.6 Å². The Kier molecular flexibility index (Phi) is 7.21. The molecule has 8 nitrogen and oxygen atoms in total. The minimum Gasteiger partial charge on any atom is -0.494 e. The summed E-state index contributed by atoms with van der Waals surface area (Å²) in [6.45, 7) is 3.19. The maximum atomic E-state index is 14.0. The molecule has 0 amide bonds. The lowest BCUT2D eigenvalue weighted by Gasteiger charge is -2.33. The second-order valence-corrected chi connectivity index (χ2v) is 7.32. The molecule has 31 heavy (non-hydrogen) atoms. The van der Waals surface area contributed by atoms with Gasteiger partial charge in [-0.2, -0.15) is 18.2 Å². The van der Waals surface area contributed by atoms with Gasteiger partial charge in [-0.05, 0) is 38.1 Å². The standard InChI is InChI=1S/C19H27F4N7O/c1-3-29-8-4-5-13(29)10-25-17-27-16(24)30(11-19(21,22)23)18(28-17)26-12-6-7-15(31-2)14(20)9-12/h6-7,9,13,16H,3-5,8,10-11,24H2,1-2H3,(H2,25,26,27,28). The van der Waals surface area contributed by atoms with Gasteiger partial charge in [0.25, 0.3) is 0 Å². The number of nitrogens with one attached hydrogen (secondary N) is 2. The van der Waals surface area contributed by atoms with Crippen molar-refractivity contribution in [2.45, 2.75) is 38.3 Å². The van der Waals surface area contributed by atoms with Crippen LogP contribution in [0.15, 0.2) is 28.2 Å². The van der Waals surface area contributed by atoms with E-state index in [1.807, 2.05) is 0 Å². The second kappa shape index (κ2) is 9.69. The zero-order valence-electron chi connectivity index (χ0n) is 17.4. The van der Waals surface area contributed by atoms with Crippen LogP contribution < -0.4 is 21.1 Å². The van der Waals surface area contributed by atoms with Crippen LogP contribution in [-0.2, 0) is 0 Å². The fourth-order valence-corrected chi connectivity index (χ4v) is 3.69. The zero-order chi connectivity index (χ0) is 22.6. The van der Waals surface area contributed by atoms with Crippen LogP contribution in [0, 0.1) is 5.82 Å². The van der Waals surface area contributed by atoms with Crippen LogP contribution in [0.25, 0.3) is 0 Å². The number of alkyl halides is 3. The summed E-state index contributed by atoms with van der Waals surface area (Å²) in [5.41, 5.74) is 6.11. The van der Waals surface area contributed by atoms with Gasteiger partial charge < -0.3 is 15.4 Å². The van der Waals surface area contributed by atoms with Gasteiger partial charge in [-0.1, -0.05) is 6.92 Å². The lowest BCUT2D eigenvalue weighted by atomic mass is 10.2. The number of anilines is 1. The van der Waals surface area contributed by atoms with Crippen LogP contribution in [0.5, 0.6) is 5.75 Å². The number of halogens is 4. The Hall–Kier alpha value is -2.60. The number of methoxy groups -OCH3 is 1. The first kappa shape index (κ1) is 23.1. The molecule has 0 saturated carbocycles. The summed E-state index contributed by atoms with van der Waals surface area (Å²) in [6.07, 6.45) is -3.74. The quantitative estimate of drug-likeness (QED) is 0.582. The normalized spacial score (nSPS) is 22.2. The minimum absolute atomic E-state index is 0.0148. The Labute approximate surface area is 178 Å². The fourth-order valence-electron chi connectivity index (χ4n) is 3.69. The summed E-state index contributed by atoms with van der Waals surface area (Å²) in [7, 11) is 1.32. The molecule has 2 aliphatic heterocycles. The summed E-state index contributed by atoms with van der Waals surface area (Å²) in [4.78, 5) is 11.4. The number of likely N-dealkylation sites (N-methyl/N-ethyl adjacent to an activating group) is 1. The number of benzene rings is 1. The van der Waals surface area contributed by atoms with Crippen molar-refractivity contribution in [3.8, 4) is 5.75 Å². The van der Waals surface area contributed by atoms with Crippen molar-refractivity contribution in [1.82, 2.24) is 15.1 Å². The highest BCUT2D eigenvalue weighted by Crippen LogP contribution is 2.23. The molecule has 0 aliphatic carbocycles. The second-order valence-electron chi connectivity index (χ2n) is 7.32. The van der Waals surface area contributed by atoms with Gasteiger partial charge >= 0.3 is 6.18 Å². The van der Waals surface area contributed by atoms with E-state index in [1.165, 1.54) is 19.2 Å². The molecule has 0 radical (unpaired) electrons. The number of nitrogens with two attached hydrogens (primary N) is 1. The first-order valence-electron chi connectivity index (χ1n) is 10.0. The van der Waals surface area contributed by atoms with Crippen molar-refractivity contribution in [3.63, 3.8) is 0 Å². The molecule has 0 bridgehead atoms. The Morgan fingerprint density at radius 3 is 2.74 bits per heavy atom. The molecule has 1 aromatic rings. The average Bonchev–Trinajstić information content (AvgIpc) is 3.16. The van der Waals surface area contributed by atoms with Crippen LogP contribution in [0.4, 0.5) is 23.2 Å². The monoisotopic (exact) mass is 445 g/mol. The Balaban J connectivity index is 1.79. The highest BCUT2D eigenvalue weighted by Gasteiger charge is 2.37. The van der Waals surface area contributed by atoms with E-state index in [-0.39, 0.29) is 23.4 Å². The molecule has 4 N–H and O–H groups in total. The summed E-state index contributed by atoms with van der Waals surface area (Å²) >= 11 is 0. The van der Waals surface area contributed by atoms with Crippen LogP contribution in [-0.4, -0.2) is 73.5 Å². The third-order valence-corrected chi connectivity index (χ3v) is 5.22. The van der Waals surface area contributed by atoms with E-state index in [2.05, 4.69) is 32.4 Å². The van der Waals surface area contributed by atoms with Crippen molar-refractivity contribution in [2.24, 2.45) is 15.7 Å². The van der Waals surface area contributed by atoms with Crippen molar-refractivity contribution >= 4 is 17.6 Å². The highest BCUT2D eigenvalue weighted by molar-refractivity contribution is 6.03. The number of hydrogen-bond acceptors (Lipinski definition) is 8. The van der Waals surface area contributed by atoms with Gasteiger partial charge in [-0.25, -0.2) is 9.38 Å². The molecule has 0 aromatic heterocycles. The van der Waals surface area contributed by atoms with Gasteiger partial charge in [0.15, 0.2) is 17.9 Å². The Bertz CT molecular complexity index is 830. The van der Waals surface area contributed by atoms with Gasteiger partial charge in [0.2, 0.25) is 11.9 Å². The topological polar surface area (TPSA) is 90.5 Å². The van der Waals surface area contributed by atoms with Crippen molar-refractivity contribution < 1.29 is 22.3 Å². The first-order valence-corrected chi connectivity index (χ1v) is 10.0. The molecule has 2 unspecified atom stereocenters. The minimum atomic E-state index is -4.53. The third-order valence-electron chi connectivity index (χ3n) is 5.22. The largest absolute Gasteiger partial charge is 0.494 e. The number of ether oxygens (including phenoxy) is 1. The molecule has 2 heterocycles. The molecule has 12 heteroatoms. The van der Waals surface area contributed by atoms with Crippen molar-refractivity contribution in [3.05, 3.63) is 24.0 Å². The van der Waals surface area contributed by atoms with Crippen LogP contribution in [0.2, 0.25) is 0 Å². The molecule has 1 saturated heterocycles. The number of aliphatic imine (C=N–C) groups is 2. The SMILES string of the molecule is CCN1CCCC1CNC1=NC(N)N(CC(F)(F)F)C(Nc2ccc(OC)c(F)c2)=N1. The molecule has 1 aromatic carbocycles. The smallest absolute Gasteiger partial charge is 0.406 e. The van der Waals surface area contributed by atoms with Crippen molar-refractivity contribution in [2.75, 3.05) is 38.6 Å². The van der Waals surface area contributed by atoms with E-state index >= 15 is 0 Å². The third kappa shape index (κ3) is 5.97. The van der Waals surface area contributed by atoms with Gasteiger partial charge in [-0.15, -0.1) is 0 Å². The molecule has 172 valence electrons. The number of guanidine groups is 2. The number of nitrogens with zero attached hydrogens (tertiary/aromatic N) is 4. The van der Waals surface area contributed by atoms with Gasteiger partial charge in [0.1, 0.15) is 6.54 Å². The molecule has 2 aliphatic rings. The van der Waals surface area contributed by atoms with E-state index < -0.39 is 24.8 Å². The lowest BCUT2D eigenvalue weighted by Crippen LogP contribution is -2.55. The van der Waals surface area contributed by atoms with Crippen LogP contribution in [0.1, 0.15) is 19.8 Å². The summed E-state index contributed by atoms with van der Waals surface area (Å²) in [5, 5.41) is 5.81. The number of rotatable bonds is 6. The molecule has 3 rings (SSSR count).